The first-order valence-corrected chi connectivity index (χ1v) is 5.04. The minimum Gasteiger partial charge on any atom is -0.326 e. The van der Waals surface area contributed by atoms with E-state index in [1.54, 1.807) is 30.4 Å². The molecule has 0 saturated carbocycles. The maximum absolute atomic E-state index is 11.9. The normalized spacial score (nSPS) is 21.5. The summed E-state index contributed by atoms with van der Waals surface area (Å²) in [4.78, 5) is 30.1. The monoisotopic (exact) mass is 219 g/mol. The van der Waals surface area contributed by atoms with Gasteiger partial charge in [-0.2, -0.15) is 0 Å². The number of nitrogens with zero attached hydrogens (tertiary/aromatic N) is 3. The van der Waals surface area contributed by atoms with Crippen molar-refractivity contribution in [3.63, 3.8) is 0 Å². The highest BCUT2D eigenvalue weighted by Crippen LogP contribution is 2.23. The highest BCUT2D eigenvalue weighted by molar-refractivity contribution is 6.00. The van der Waals surface area contributed by atoms with Crippen LogP contribution < -0.4 is 0 Å². The van der Waals surface area contributed by atoms with Crippen molar-refractivity contribution in [1.29, 1.82) is 0 Å². The zero-order valence-corrected chi connectivity index (χ0v) is 9.25. The molecule has 1 unspecified atom stereocenters. The van der Waals surface area contributed by atoms with E-state index in [2.05, 4.69) is 4.98 Å². The van der Waals surface area contributed by atoms with Crippen molar-refractivity contribution in [2.45, 2.75) is 5.92 Å². The lowest BCUT2D eigenvalue weighted by Gasteiger charge is -2.34. The first kappa shape index (κ1) is 10.6. The van der Waals surface area contributed by atoms with Gasteiger partial charge in [0.05, 0.1) is 5.92 Å². The molecule has 16 heavy (non-hydrogen) atoms. The van der Waals surface area contributed by atoms with Crippen LogP contribution >= 0.6 is 0 Å². The Bertz CT molecular complexity index is 418. The largest absolute Gasteiger partial charge is 0.326 e. The first-order valence-electron chi connectivity index (χ1n) is 5.04. The second-order valence-electron chi connectivity index (χ2n) is 3.90. The molecule has 0 bridgehead atoms. The van der Waals surface area contributed by atoms with Crippen molar-refractivity contribution in [3.8, 4) is 0 Å². The summed E-state index contributed by atoms with van der Waals surface area (Å²) in [6.45, 7) is 0.410. The van der Waals surface area contributed by atoms with Gasteiger partial charge in [-0.25, -0.2) is 4.79 Å². The van der Waals surface area contributed by atoms with Gasteiger partial charge in [-0.05, 0) is 11.6 Å². The minimum atomic E-state index is -0.304. The van der Waals surface area contributed by atoms with E-state index in [4.69, 9.17) is 0 Å². The van der Waals surface area contributed by atoms with Crippen LogP contribution in [0.3, 0.4) is 0 Å². The molecule has 2 heterocycles. The van der Waals surface area contributed by atoms with Gasteiger partial charge in [0, 0.05) is 33.0 Å². The number of likely N-dealkylation sites (N-methyl/N-ethyl adjacent to an activating group) is 2. The number of carbonyl (C=O) groups is 2. The Labute approximate surface area is 93.7 Å². The van der Waals surface area contributed by atoms with Crippen LogP contribution in [-0.2, 0) is 4.79 Å². The molecule has 2 rings (SSSR count). The topological polar surface area (TPSA) is 53.5 Å². The highest BCUT2D eigenvalue weighted by Gasteiger charge is 2.35. The molecular formula is C11H13N3O2. The molecule has 0 aromatic carbocycles. The summed E-state index contributed by atoms with van der Waals surface area (Å²) < 4.78 is 0. The van der Waals surface area contributed by atoms with Gasteiger partial charge < -0.3 is 4.90 Å². The van der Waals surface area contributed by atoms with E-state index in [0.29, 0.717) is 6.54 Å². The van der Waals surface area contributed by atoms with Gasteiger partial charge in [-0.3, -0.25) is 14.7 Å². The Morgan fingerprint density at radius 1 is 1.38 bits per heavy atom. The van der Waals surface area contributed by atoms with Crippen LogP contribution in [0.5, 0.6) is 0 Å². The minimum absolute atomic E-state index is 0.170. The number of hydrogen-bond donors (Lipinski definition) is 0. The van der Waals surface area contributed by atoms with E-state index in [1.165, 1.54) is 7.05 Å². The summed E-state index contributed by atoms with van der Waals surface area (Å²) in [7, 11) is 3.19. The van der Waals surface area contributed by atoms with E-state index in [1.807, 2.05) is 6.07 Å². The second-order valence-corrected chi connectivity index (χ2v) is 3.90. The lowest BCUT2D eigenvalue weighted by molar-refractivity contribution is -0.131. The third-order valence-electron chi connectivity index (χ3n) is 2.79. The third-order valence-corrected chi connectivity index (χ3v) is 2.79. The molecule has 1 aromatic rings. The molecule has 1 fully saturated rings. The van der Waals surface area contributed by atoms with Gasteiger partial charge in [-0.15, -0.1) is 0 Å². The van der Waals surface area contributed by atoms with Crippen molar-refractivity contribution < 1.29 is 9.59 Å². The molecule has 0 spiro atoms. The molecular weight excluding hydrogens is 206 g/mol. The van der Waals surface area contributed by atoms with Crippen molar-refractivity contribution in [1.82, 2.24) is 14.8 Å². The summed E-state index contributed by atoms with van der Waals surface area (Å²) in [6, 6.07) is 3.39. The maximum Gasteiger partial charge on any atom is 0.326 e. The quantitative estimate of drug-likeness (QED) is 0.698. The summed E-state index contributed by atoms with van der Waals surface area (Å²) in [5, 5.41) is 0. The first-order chi connectivity index (χ1) is 7.61. The van der Waals surface area contributed by atoms with E-state index >= 15 is 0 Å². The number of rotatable bonds is 1. The fourth-order valence-electron chi connectivity index (χ4n) is 1.84. The average Bonchev–Trinajstić information content (AvgIpc) is 2.32. The molecule has 0 radical (unpaired) electrons. The number of urea groups is 1. The number of hydrogen-bond acceptors (Lipinski definition) is 3. The van der Waals surface area contributed by atoms with E-state index in [-0.39, 0.29) is 17.9 Å². The van der Waals surface area contributed by atoms with Crippen LogP contribution in [0.1, 0.15) is 11.5 Å². The smallest absolute Gasteiger partial charge is 0.326 e. The van der Waals surface area contributed by atoms with E-state index in [0.717, 1.165) is 10.5 Å². The molecule has 1 atom stereocenters. The lowest BCUT2D eigenvalue weighted by atomic mass is 9.97. The molecule has 0 N–H and O–H groups in total. The van der Waals surface area contributed by atoms with Gasteiger partial charge >= 0.3 is 6.03 Å². The third kappa shape index (κ3) is 1.64. The number of aromatic nitrogens is 1. The molecule has 0 aliphatic carbocycles. The molecule has 1 aromatic heterocycles. The van der Waals surface area contributed by atoms with E-state index < -0.39 is 0 Å². The standard InChI is InChI=1S/C11H13N3O2/c1-13-7-9(8-4-3-5-12-6-8)10(15)14(2)11(13)16/h3-6,9H,7H2,1-2H3. The fourth-order valence-corrected chi connectivity index (χ4v) is 1.84. The Hall–Kier alpha value is -1.91. The highest BCUT2D eigenvalue weighted by atomic mass is 16.2. The Morgan fingerprint density at radius 2 is 2.12 bits per heavy atom. The van der Waals surface area contributed by atoms with Crippen molar-refractivity contribution in [3.05, 3.63) is 30.1 Å². The zero-order chi connectivity index (χ0) is 11.7. The number of carbonyl (C=O) groups excluding carboxylic acids is 2. The number of imide groups is 1. The van der Waals surface area contributed by atoms with Crippen LogP contribution in [0.25, 0.3) is 0 Å². The Balaban J connectivity index is 2.30. The fraction of sp³-hybridized carbons (Fsp3) is 0.364. The number of pyridine rings is 1. The van der Waals surface area contributed by atoms with Crippen LogP contribution in [0.2, 0.25) is 0 Å². The van der Waals surface area contributed by atoms with Crippen LogP contribution in [-0.4, -0.2) is 47.4 Å². The average molecular weight is 219 g/mol. The predicted molar refractivity (Wildman–Crippen MR) is 57.8 cm³/mol. The van der Waals surface area contributed by atoms with Crippen molar-refractivity contribution >= 4 is 11.9 Å². The van der Waals surface area contributed by atoms with E-state index in [9.17, 15) is 9.59 Å². The zero-order valence-electron chi connectivity index (χ0n) is 9.25. The van der Waals surface area contributed by atoms with Crippen LogP contribution in [0.15, 0.2) is 24.5 Å². The van der Waals surface area contributed by atoms with Crippen LogP contribution in [0, 0.1) is 0 Å². The van der Waals surface area contributed by atoms with Gasteiger partial charge in [-0.1, -0.05) is 6.07 Å². The maximum atomic E-state index is 11.9. The molecule has 84 valence electrons. The Morgan fingerprint density at radius 3 is 2.75 bits per heavy atom. The van der Waals surface area contributed by atoms with Crippen molar-refractivity contribution in [2.75, 3.05) is 20.6 Å². The van der Waals surface area contributed by atoms with Gasteiger partial charge in [0.1, 0.15) is 0 Å². The van der Waals surface area contributed by atoms with Gasteiger partial charge in [0.25, 0.3) is 0 Å². The Kier molecular flexibility index (Phi) is 2.60. The SMILES string of the molecule is CN1CC(c2cccnc2)C(=O)N(C)C1=O. The molecule has 3 amide bonds. The molecule has 1 aliphatic heterocycles. The number of amides is 3. The molecule has 1 saturated heterocycles. The van der Waals surface area contributed by atoms with Gasteiger partial charge in [0.15, 0.2) is 0 Å². The predicted octanol–water partition coefficient (Wildman–Crippen LogP) is 0.689. The molecule has 1 aliphatic rings. The summed E-state index contributed by atoms with van der Waals surface area (Å²) in [6.07, 6.45) is 3.33. The van der Waals surface area contributed by atoms with Crippen molar-refractivity contribution in [2.24, 2.45) is 0 Å². The van der Waals surface area contributed by atoms with Crippen LogP contribution in [0.4, 0.5) is 4.79 Å². The second kappa shape index (κ2) is 3.92. The molecule has 5 nitrogen and oxygen atoms in total. The van der Waals surface area contributed by atoms with Gasteiger partial charge in [0.2, 0.25) is 5.91 Å². The summed E-state index contributed by atoms with van der Waals surface area (Å²) in [5.74, 6) is -0.475. The molecule has 5 heteroatoms. The summed E-state index contributed by atoms with van der Waals surface area (Å²) in [5.41, 5.74) is 0.846. The summed E-state index contributed by atoms with van der Waals surface area (Å²) >= 11 is 0. The lowest BCUT2D eigenvalue weighted by Crippen LogP contribution is -2.52.